The van der Waals surface area contributed by atoms with Gasteiger partial charge in [0.2, 0.25) is 0 Å². The minimum atomic E-state index is 0.778. The molecule has 0 bridgehead atoms. The molecule has 118 valence electrons. The van der Waals surface area contributed by atoms with Gasteiger partial charge in [-0.2, -0.15) is 0 Å². The average molecular weight is 435 g/mol. The Morgan fingerprint density at radius 2 is 1.78 bits per heavy atom. The quantitative estimate of drug-likeness (QED) is 0.449. The van der Waals surface area contributed by atoms with Gasteiger partial charge < -0.3 is 4.74 Å². The molecule has 0 aliphatic heterocycles. The minimum Gasteiger partial charge on any atom is -0.455 e. The highest BCUT2D eigenvalue weighted by atomic mass is 79.9. The lowest BCUT2D eigenvalue weighted by atomic mass is 10.1. The molecule has 0 unspecified atom stereocenters. The Bertz CT molecular complexity index is 841. The Hall–Kier alpha value is -1.39. The van der Waals surface area contributed by atoms with Crippen LogP contribution in [0.2, 0.25) is 0 Å². The van der Waals surface area contributed by atoms with Crippen LogP contribution in [0.25, 0.3) is 10.9 Å². The number of hydrogen-bond donors (Lipinski definition) is 0. The first-order valence-corrected chi connectivity index (χ1v) is 9.19. The average Bonchev–Trinajstić information content (AvgIpc) is 2.52. The topological polar surface area (TPSA) is 22.1 Å². The van der Waals surface area contributed by atoms with Crippen molar-refractivity contribution in [1.29, 1.82) is 0 Å². The molecule has 0 saturated carbocycles. The molecule has 3 aromatic rings. The van der Waals surface area contributed by atoms with Gasteiger partial charge in [-0.05, 0) is 87.2 Å². The molecule has 0 saturated heterocycles. The van der Waals surface area contributed by atoms with Crippen molar-refractivity contribution in [1.82, 2.24) is 4.98 Å². The maximum atomic E-state index is 6.06. The zero-order valence-electron chi connectivity index (χ0n) is 13.1. The third-order valence-corrected chi connectivity index (χ3v) is 4.93. The first-order chi connectivity index (χ1) is 11.1. The molecular weight excluding hydrogens is 418 g/mol. The minimum absolute atomic E-state index is 0.778. The van der Waals surface area contributed by atoms with Crippen LogP contribution >= 0.6 is 31.9 Å². The van der Waals surface area contributed by atoms with Crippen LogP contribution in [0, 0.1) is 6.92 Å². The van der Waals surface area contributed by atoms with E-state index in [0.29, 0.717) is 0 Å². The Morgan fingerprint density at radius 1 is 1.04 bits per heavy atom. The van der Waals surface area contributed by atoms with Crippen LogP contribution in [0.4, 0.5) is 0 Å². The summed E-state index contributed by atoms with van der Waals surface area (Å²) in [6.07, 6.45) is 2.12. The standard InChI is InChI=1S/C19H17Br2NO/c1-3-5-13-10-12(2)15-11-14(8-9-18(15)22-13)23-19-16(20)6-4-7-17(19)21/h4,6-11H,3,5H2,1-2H3. The van der Waals surface area contributed by atoms with Gasteiger partial charge in [0.1, 0.15) is 5.75 Å². The summed E-state index contributed by atoms with van der Waals surface area (Å²) in [4.78, 5) is 4.73. The van der Waals surface area contributed by atoms with Crippen LogP contribution in [0.5, 0.6) is 11.5 Å². The second-order valence-electron chi connectivity index (χ2n) is 5.51. The van der Waals surface area contributed by atoms with Gasteiger partial charge >= 0.3 is 0 Å². The zero-order valence-corrected chi connectivity index (χ0v) is 16.2. The molecule has 0 aliphatic rings. The summed E-state index contributed by atoms with van der Waals surface area (Å²) < 4.78 is 7.89. The van der Waals surface area contributed by atoms with Crippen LogP contribution in [-0.2, 0) is 6.42 Å². The van der Waals surface area contributed by atoms with Gasteiger partial charge in [0.15, 0.2) is 5.75 Å². The molecule has 23 heavy (non-hydrogen) atoms. The molecule has 0 atom stereocenters. The maximum Gasteiger partial charge on any atom is 0.155 e. The fraction of sp³-hybridized carbons (Fsp3) is 0.211. The largest absolute Gasteiger partial charge is 0.455 e. The monoisotopic (exact) mass is 433 g/mol. The number of halogens is 2. The van der Waals surface area contributed by atoms with Gasteiger partial charge in [-0.15, -0.1) is 0 Å². The normalized spacial score (nSPS) is 11.0. The van der Waals surface area contributed by atoms with Gasteiger partial charge in [0, 0.05) is 11.1 Å². The highest BCUT2D eigenvalue weighted by Crippen LogP contribution is 2.37. The predicted octanol–water partition coefficient (Wildman–Crippen LogP) is 6.81. The van der Waals surface area contributed by atoms with Crippen LogP contribution in [0.1, 0.15) is 24.6 Å². The van der Waals surface area contributed by atoms with Crippen LogP contribution in [0.15, 0.2) is 51.4 Å². The number of para-hydroxylation sites is 1. The summed E-state index contributed by atoms with van der Waals surface area (Å²) in [6, 6.07) is 14.1. The zero-order chi connectivity index (χ0) is 16.4. The fourth-order valence-electron chi connectivity index (χ4n) is 2.59. The summed E-state index contributed by atoms with van der Waals surface area (Å²) in [7, 11) is 0. The lowest BCUT2D eigenvalue weighted by molar-refractivity contribution is 0.477. The van der Waals surface area contributed by atoms with Crippen molar-refractivity contribution < 1.29 is 4.74 Å². The van der Waals surface area contributed by atoms with Crippen molar-refractivity contribution in [2.24, 2.45) is 0 Å². The van der Waals surface area contributed by atoms with E-state index in [-0.39, 0.29) is 0 Å². The summed E-state index contributed by atoms with van der Waals surface area (Å²) in [6.45, 7) is 4.30. The third kappa shape index (κ3) is 3.59. The fourth-order valence-corrected chi connectivity index (χ4v) is 3.75. The van der Waals surface area contributed by atoms with E-state index >= 15 is 0 Å². The van der Waals surface area contributed by atoms with E-state index in [1.165, 1.54) is 5.56 Å². The Labute approximate surface area is 153 Å². The van der Waals surface area contributed by atoms with Crippen molar-refractivity contribution >= 4 is 42.8 Å². The Morgan fingerprint density at radius 3 is 2.48 bits per heavy atom. The highest BCUT2D eigenvalue weighted by molar-refractivity contribution is 9.11. The van der Waals surface area contributed by atoms with Gasteiger partial charge in [-0.25, -0.2) is 0 Å². The molecule has 0 fully saturated rings. The summed E-state index contributed by atoms with van der Waals surface area (Å²) in [5.41, 5.74) is 3.40. The van der Waals surface area contributed by atoms with Crippen LogP contribution < -0.4 is 4.74 Å². The number of rotatable bonds is 4. The number of aromatic nitrogens is 1. The third-order valence-electron chi connectivity index (χ3n) is 3.69. The van der Waals surface area contributed by atoms with Crippen LogP contribution in [0.3, 0.4) is 0 Å². The molecule has 1 heterocycles. The van der Waals surface area contributed by atoms with Crippen molar-refractivity contribution in [2.75, 3.05) is 0 Å². The number of pyridine rings is 1. The van der Waals surface area contributed by atoms with E-state index in [2.05, 4.69) is 57.8 Å². The maximum absolute atomic E-state index is 6.06. The summed E-state index contributed by atoms with van der Waals surface area (Å²) in [5, 5.41) is 1.13. The van der Waals surface area contributed by atoms with E-state index in [0.717, 1.165) is 49.9 Å². The number of nitrogens with zero attached hydrogens (tertiary/aromatic N) is 1. The summed E-state index contributed by atoms with van der Waals surface area (Å²) in [5.74, 6) is 1.58. The first-order valence-electron chi connectivity index (χ1n) is 7.60. The molecule has 0 aliphatic carbocycles. The molecule has 0 spiro atoms. The molecule has 0 amide bonds. The Balaban J connectivity index is 2.00. The molecule has 2 aromatic carbocycles. The predicted molar refractivity (Wildman–Crippen MR) is 102 cm³/mol. The van der Waals surface area contributed by atoms with Gasteiger partial charge in [-0.3, -0.25) is 4.98 Å². The SMILES string of the molecule is CCCc1cc(C)c2cc(Oc3c(Br)cccc3Br)ccc2n1. The molecule has 0 N–H and O–H groups in total. The number of hydrogen-bond acceptors (Lipinski definition) is 2. The summed E-state index contributed by atoms with van der Waals surface area (Å²) >= 11 is 7.06. The van der Waals surface area contributed by atoms with E-state index in [1.807, 2.05) is 30.3 Å². The molecule has 0 radical (unpaired) electrons. The smallest absolute Gasteiger partial charge is 0.155 e. The Kier molecular flexibility index (Phi) is 5.02. The van der Waals surface area contributed by atoms with Gasteiger partial charge in [-0.1, -0.05) is 19.4 Å². The number of benzene rings is 2. The molecule has 3 rings (SSSR count). The lowest BCUT2D eigenvalue weighted by Crippen LogP contribution is -1.93. The molecular formula is C19H17Br2NO. The van der Waals surface area contributed by atoms with E-state index in [9.17, 15) is 0 Å². The second kappa shape index (κ2) is 7.02. The van der Waals surface area contributed by atoms with Gasteiger partial charge in [0.05, 0.1) is 14.5 Å². The number of aryl methyl sites for hydroxylation is 2. The molecule has 2 nitrogen and oxygen atoms in total. The van der Waals surface area contributed by atoms with Gasteiger partial charge in [0.25, 0.3) is 0 Å². The number of fused-ring (bicyclic) bond motifs is 1. The van der Waals surface area contributed by atoms with Crippen molar-refractivity contribution in [3.8, 4) is 11.5 Å². The van der Waals surface area contributed by atoms with Crippen molar-refractivity contribution in [3.63, 3.8) is 0 Å². The van der Waals surface area contributed by atoms with E-state index in [4.69, 9.17) is 9.72 Å². The molecule has 4 heteroatoms. The lowest BCUT2D eigenvalue weighted by Gasteiger charge is -2.12. The number of ether oxygens (including phenoxy) is 1. The highest BCUT2D eigenvalue weighted by Gasteiger charge is 2.09. The van der Waals surface area contributed by atoms with Crippen molar-refractivity contribution in [3.05, 3.63) is 62.7 Å². The van der Waals surface area contributed by atoms with E-state index < -0.39 is 0 Å². The molecule has 1 aromatic heterocycles. The van der Waals surface area contributed by atoms with Crippen LogP contribution in [-0.4, -0.2) is 4.98 Å². The van der Waals surface area contributed by atoms with E-state index in [1.54, 1.807) is 0 Å². The van der Waals surface area contributed by atoms with Crippen molar-refractivity contribution in [2.45, 2.75) is 26.7 Å². The first kappa shape index (κ1) is 16.5. The second-order valence-corrected chi connectivity index (χ2v) is 7.22.